The molecule has 0 saturated carbocycles. The topological polar surface area (TPSA) is 90.2 Å². The van der Waals surface area contributed by atoms with Crippen molar-refractivity contribution in [2.75, 3.05) is 13.1 Å². The summed E-state index contributed by atoms with van der Waals surface area (Å²) in [5.41, 5.74) is 1.11. The number of hydrogen-bond donors (Lipinski definition) is 0. The predicted octanol–water partition coefficient (Wildman–Crippen LogP) is 1.61. The zero-order chi connectivity index (χ0) is 17.6. The van der Waals surface area contributed by atoms with Gasteiger partial charge in [0.05, 0.1) is 11.3 Å². The summed E-state index contributed by atoms with van der Waals surface area (Å²) in [7, 11) is 0. The second-order valence-corrected chi connectivity index (χ2v) is 6.09. The average molecular weight is 343 g/mol. The number of nitrogens with zero attached hydrogens (tertiary/aromatic N) is 5. The van der Waals surface area contributed by atoms with Crippen LogP contribution in [-0.4, -0.2) is 56.2 Å². The van der Waals surface area contributed by atoms with Gasteiger partial charge in [0.25, 0.3) is 5.91 Å². The van der Waals surface area contributed by atoms with Crippen molar-refractivity contribution in [3.63, 3.8) is 0 Å². The standard InChI is InChI=1S/C17H21N5O3/c1-13(16(23)21-10-4-2-3-5-11-21)25-17(24)14-6-8-15(9-7-14)22-12-18-19-20-22/h6-9,12-13H,2-5,10-11H2,1H3/t13-/m0/s1. The van der Waals surface area contributed by atoms with E-state index in [0.717, 1.165) is 44.5 Å². The second kappa shape index (κ2) is 7.87. The fourth-order valence-corrected chi connectivity index (χ4v) is 2.86. The van der Waals surface area contributed by atoms with Crippen molar-refractivity contribution in [2.24, 2.45) is 0 Å². The predicted molar refractivity (Wildman–Crippen MR) is 89.1 cm³/mol. The van der Waals surface area contributed by atoms with Crippen molar-refractivity contribution < 1.29 is 14.3 Å². The van der Waals surface area contributed by atoms with Crippen LogP contribution >= 0.6 is 0 Å². The second-order valence-electron chi connectivity index (χ2n) is 6.09. The first-order chi connectivity index (χ1) is 12.1. The molecule has 2 heterocycles. The molecule has 0 N–H and O–H groups in total. The lowest BCUT2D eigenvalue weighted by Crippen LogP contribution is -2.40. The molecular weight excluding hydrogens is 322 g/mol. The summed E-state index contributed by atoms with van der Waals surface area (Å²) in [5.74, 6) is -0.639. The molecule has 1 aromatic heterocycles. The van der Waals surface area contributed by atoms with Crippen LogP contribution in [0.15, 0.2) is 30.6 Å². The van der Waals surface area contributed by atoms with Gasteiger partial charge in [-0.05, 0) is 54.5 Å². The molecular formula is C17H21N5O3. The van der Waals surface area contributed by atoms with Crippen molar-refractivity contribution in [2.45, 2.75) is 38.7 Å². The Balaban J connectivity index is 1.60. The van der Waals surface area contributed by atoms with Gasteiger partial charge >= 0.3 is 5.97 Å². The summed E-state index contributed by atoms with van der Waals surface area (Å²) in [6, 6.07) is 6.69. The van der Waals surface area contributed by atoms with Gasteiger partial charge in [0.2, 0.25) is 0 Å². The molecule has 1 aliphatic rings. The normalized spacial score (nSPS) is 16.1. The molecule has 1 atom stereocenters. The van der Waals surface area contributed by atoms with E-state index in [-0.39, 0.29) is 5.91 Å². The molecule has 0 bridgehead atoms. The number of benzene rings is 1. The molecule has 1 aliphatic heterocycles. The zero-order valence-corrected chi connectivity index (χ0v) is 14.2. The minimum absolute atomic E-state index is 0.124. The minimum atomic E-state index is -0.787. The molecule has 3 rings (SSSR count). The number of esters is 1. The average Bonchev–Trinajstić information content (AvgIpc) is 3.03. The SMILES string of the molecule is C[C@H](OC(=O)c1ccc(-n2cnnn2)cc1)C(=O)N1CCCCCC1. The van der Waals surface area contributed by atoms with E-state index >= 15 is 0 Å². The number of hydrogen-bond acceptors (Lipinski definition) is 6. The number of aromatic nitrogens is 4. The van der Waals surface area contributed by atoms with Gasteiger partial charge in [-0.2, -0.15) is 0 Å². The van der Waals surface area contributed by atoms with Crippen LogP contribution < -0.4 is 0 Å². The molecule has 132 valence electrons. The third-order valence-electron chi connectivity index (χ3n) is 4.27. The molecule has 2 aromatic rings. The number of ether oxygens (including phenoxy) is 1. The van der Waals surface area contributed by atoms with Gasteiger partial charge in [0.1, 0.15) is 6.33 Å². The van der Waals surface area contributed by atoms with Gasteiger partial charge in [0.15, 0.2) is 6.10 Å². The molecule has 8 heteroatoms. The van der Waals surface area contributed by atoms with E-state index < -0.39 is 12.1 Å². The van der Waals surface area contributed by atoms with E-state index in [1.807, 2.05) is 0 Å². The molecule has 0 radical (unpaired) electrons. The van der Waals surface area contributed by atoms with Gasteiger partial charge in [-0.25, -0.2) is 9.48 Å². The molecule has 1 amide bonds. The van der Waals surface area contributed by atoms with E-state index in [4.69, 9.17) is 4.74 Å². The molecule has 8 nitrogen and oxygen atoms in total. The van der Waals surface area contributed by atoms with Gasteiger partial charge in [-0.15, -0.1) is 5.10 Å². The van der Waals surface area contributed by atoms with Gasteiger partial charge in [0, 0.05) is 13.1 Å². The monoisotopic (exact) mass is 343 g/mol. The summed E-state index contributed by atoms with van der Waals surface area (Å²) < 4.78 is 6.83. The maximum atomic E-state index is 12.5. The molecule has 0 aliphatic carbocycles. The summed E-state index contributed by atoms with van der Waals surface area (Å²) >= 11 is 0. The van der Waals surface area contributed by atoms with Crippen molar-refractivity contribution in [3.8, 4) is 5.69 Å². The largest absolute Gasteiger partial charge is 0.449 e. The first-order valence-corrected chi connectivity index (χ1v) is 8.48. The fourth-order valence-electron chi connectivity index (χ4n) is 2.86. The van der Waals surface area contributed by atoms with Crippen LogP contribution in [-0.2, 0) is 9.53 Å². The van der Waals surface area contributed by atoms with Crippen molar-refractivity contribution in [1.29, 1.82) is 0 Å². The number of likely N-dealkylation sites (tertiary alicyclic amines) is 1. The Morgan fingerprint density at radius 1 is 1.08 bits per heavy atom. The Bertz CT molecular complexity index is 706. The lowest BCUT2D eigenvalue weighted by atomic mass is 10.2. The van der Waals surface area contributed by atoms with Crippen LogP contribution in [0.2, 0.25) is 0 Å². The highest BCUT2D eigenvalue weighted by molar-refractivity contribution is 5.92. The number of carbonyl (C=O) groups is 2. The lowest BCUT2D eigenvalue weighted by molar-refractivity contribution is -0.139. The Morgan fingerprint density at radius 3 is 2.36 bits per heavy atom. The van der Waals surface area contributed by atoms with E-state index in [9.17, 15) is 9.59 Å². The maximum Gasteiger partial charge on any atom is 0.338 e. The third kappa shape index (κ3) is 4.20. The first kappa shape index (κ1) is 17.1. The van der Waals surface area contributed by atoms with Crippen LogP contribution in [0.1, 0.15) is 43.0 Å². The van der Waals surface area contributed by atoms with Crippen LogP contribution in [0.4, 0.5) is 0 Å². The Morgan fingerprint density at radius 2 is 1.76 bits per heavy atom. The molecule has 0 spiro atoms. The first-order valence-electron chi connectivity index (χ1n) is 8.48. The Labute approximate surface area is 145 Å². The van der Waals surface area contributed by atoms with Gasteiger partial charge < -0.3 is 9.64 Å². The number of tetrazole rings is 1. The third-order valence-corrected chi connectivity index (χ3v) is 4.27. The van der Waals surface area contributed by atoms with Crippen LogP contribution in [0.5, 0.6) is 0 Å². The summed E-state index contributed by atoms with van der Waals surface area (Å²) in [4.78, 5) is 26.5. The van der Waals surface area contributed by atoms with Crippen LogP contribution in [0.3, 0.4) is 0 Å². The molecule has 0 unspecified atom stereocenters. The number of amides is 1. The summed E-state index contributed by atoms with van der Waals surface area (Å²) in [6.07, 6.45) is 4.98. The Kier molecular flexibility index (Phi) is 5.37. The highest BCUT2D eigenvalue weighted by atomic mass is 16.5. The molecule has 1 aromatic carbocycles. The number of rotatable bonds is 4. The summed E-state index contributed by atoms with van der Waals surface area (Å²) in [6.45, 7) is 3.10. The Hall–Kier alpha value is -2.77. The zero-order valence-electron chi connectivity index (χ0n) is 14.2. The van der Waals surface area contributed by atoms with Gasteiger partial charge in [-0.1, -0.05) is 12.8 Å². The lowest BCUT2D eigenvalue weighted by Gasteiger charge is -2.24. The summed E-state index contributed by atoms with van der Waals surface area (Å²) in [5, 5.41) is 10.9. The molecule has 1 saturated heterocycles. The molecule has 1 fully saturated rings. The maximum absolute atomic E-state index is 12.5. The van der Waals surface area contributed by atoms with Crippen molar-refractivity contribution in [3.05, 3.63) is 36.2 Å². The number of carbonyl (C=O) groups excluding carboxylic acids is 2. The smallest absolute Gasteiger partial charge is 0.338 e. The van der Waals surface area contributed by atoms with Crippen LogP contribution in [0.25, 0.3) is 5.69 Å². The van der Waals surface area contributed by atoms with E-state index in [1.165, 1.54) is 11.0 Å². The van der Waals surface area contributed by atoms with E-state index in [0.29, 0.717) is 5.56 Å². The van der Waals surface area contributed by atoms with Crippen molar-refractivity contribution >= 4 is 11.9 Å². The highest BCUT2D eigenvalue weighted by Crippen LogP contribution is 2.14. The fraction of sp³-hybridized carbons (Fsp3) is 0.471. The van der Waals surface area contributed by atoms with Gasteiger partial charge in [-0.3, -0.25) is 4.79 Å². The highest BCUT2D eigenvalue weighted by Gasteiger charge is 2.24. The molecule has 25 heavy (non-hydrogen) atoms. The van der Waals surface area contributed by atoms with Crippen molar-refractivity contribution in [1.82, 2.24) is 25.1 Å². The van der Waals surface area contributed by atoms with E-state index in [1.54, 1.807) is 36.1 Å². The van der Waals surface area contributed by atoms with E-state index in [2.05, 4.69) is 15.5 Å². The minimum Gasteiger partial charge on any atom is -0.449 e. The van der Waals surface area contributed by atoms with Crippen LogP contribution in [0, 0.1) is 0 Å². The quantitative estimate of drug-likeness (QED) is 0.784.